The number of aromatic nitrogens is 1. The van der Waals surface area contributed by atoms with Crippen molar-refractivity contribution in [2.24, 2.45) is 0 Å². The van der Waals surface area contributed by atoms with Gasteiger partial charge in [0, 0.05) is 30.2 Å². The minimum atomic E-state index is -0.292. The molecule has 4 rings (SSSR count). The Bertz CT molecular complexity index is 1060. The van der Waals surface area contributed by atoms with Crippen LogP contribution in [0.1, 0.15) is 35.1 Å². The number of nitrogens with zero attached hydrogens (tertiary/aromatic N) is 1. The molecule has 3 aromatic rings. The number of carbonyl (C=O) groups is 1. The number of aromatic hydroxyl groups is 1. The summed E-state index contributed by atoms with van der Waals surface area (Å²) in [7, 11) is 0. The molecule has 0 amide bonds. The summed E-state index contributed by atoms with van der Waals surface area (Å²) in [6, 6.07) is 13.7. The van der Waals surface area contributed by atoms with Crippen molar-refractivity contribution < 1.29 is 14.6 Å². The normalized spacial score (nSPS) is 14.9. The van der Waals surface area contributed by atoms with Gasteiger partial charge in [-0.25, -0.2) is 0 Å². The van der Waals surface area contributed by atoms with Gasteiger partial charge < -0.3 is 9.84 Å². The molecule has 4 heteroatoms. The first-order chi connectivity index (χ1) is 13.5. The zero-order valence-corrected chi connectivity index (χ0v) is 16.3. The van der Waals surface area contributed by atoms with Crippen LogP contribution in [-0.2, 0) is 16.0 Å². The molecule has 1 N–H and O–H groups in total. The average Bonchev–Trinajstić information content (AvgIpc) is 2.69. The lowest BCUT2D eigenvalue weighted by Gasteiger charge is -2.32. The van der Waals surface area contributed by atoms with Crippen molar-refractivity contribution in [3.63, 3.8) is 0 Å². The highest BCUT2D eigenvalue weighted by Crippen LogP contribution is 2.49. The number of aryl methyl sites for hydroxylation is 2. The van der Waals surface area contributed by atoms with Crippen LogP contribution in [0.15, 0.2) is 48.7 Å². The Labute approximate surface area is 164 Å². The molecule has 0 fully saturated rings. The summed E-state index contributed by atoms with van der Waals surface area (Å²) in [4.78, 5) is 16.0. The largest absolute Gasteiger partial charge is 0.507 e. The van der Waals surface area contributed by atoms with Gasteiger partial charge in [-0.3, -0.25) is 9.78 Å². The molecule has 1 aliphatic rings. The number of phenols is 1. The van der Waals surface area contributed by atoms with Gasteiger partial charge in [-0.05, 0) is 66.3 Å². The number of ether oxygens (including phenoxy) is 1. The van der Waals surface area contributed by atoms with Crippen LogP contribution in [0.25, 0.3) is 22.4 Å². The van der Waals surface area contributed by atoms with E-state index in [9.17, 15) is 9.90 Å². The van der Waals surface area contributed by atoms with E-state index in [1.165, 1.54) is 6.92 Å². The van der Waals surface area contributed by atoms with Crippen molar-refractivity contribution in [1.82, 2.24) is 4.98 Å². The Balaban J connectivity index is 1.98. The van der Waals surface area contributed by atoms with Gasteiger partial charge >= 0.3 is 5.97 Å². The molecule has 0 aliphatic heterocycles. The quantitative estimate of drug-likeness (QED) is 0.661. The SMILES string of the molecule is CC(=O)OCC1Cc2c(-c3ccccn3)ccc(C)c2-c2c(O)ccc(C)c21. The number of phenolic OH excluding ortho intramolecular Hbond substituents is 1. The van der Waals surface area contributed by atoms with Crippen molar-refractivity contribution >= 4 is 5.97 Å². The Morgan fingerprint density at radius 3 is 2.61 bits per heavy atom. The van der Waals surface area contributed by atoms with Crippen LogP contribution < -0.4 is 0 Å². The molecule has 142 valence electrons. The number of pyridine rings is 1. The number of carbonyl (C=O) groups excluding carboxylic acids is 1. The standard InChI is InChI=1S/C24H23NO3/c1-14-8-10-21(27)24-22(14)17(13-28-16(3)26)12-19-18(9-7-15(2)23(19)24)20-6-4-5-11-25-20/h4-11,17,27H,12-13H2,1-3H3. The van der Waals surface area contributed by atoms with E-state index >= 15 is 0 Å². The third kappa shape index (κ3) is 3.05. The predicted octanol–water partition coefficient (Wildman–Crippen LogP) is 4.94. The third-order valence-corrected chi connectivity index (χ3v) is 5.50. The van der Waals surface area contributed by atoms with Gasteiger partial charge in [0.05, 0.1) is 12.3 Å². The molecular weight excluding hydrogens is 350 g/mol. The van der Waals surface area contributed by atoms with E-state index in [2.05, 4.69) is 24.0 Å². The maximum Gasteiger partial charge on any atom is 0.302 e. The summed E-state index contributed by atoms with van der Waals surface area (Å²) in [5.74, 6) is -0.0437. The highest BCUT2D eigenvalue weighted by molar-refractivity contribution is 5.87. The Kier molecular flexibility index (Phi) is 4.63. The topological polar surface area (TPSA) is 59.4 Å². The molecule has 2 aromatic carbocycles. The molecule has 0 radical (unpaired) electrons. The Hall–Kier alpha value is -3.14. The first-order valence-electron chi connectivity index (χ1n) is 9.47. The summed E-state index contributed by atoms with van der Waals surface area (Å²) < 4.78 is 5.39. The Morgan fingerprint density at radius 2 is 1.89 bits per heavy atom. The maximum absolute atomic E-state index is 11.5. The number of fused-ring (bicyclic) bond motifs is 3. The first kappa shape index (κ1) is 18.2. The summed E-state index contributed by atoms with van der Waals surface area (Å²) >= 11 is 0. The van der Waals surface area contributed by atoms with Crippen molar-refractivity contribution in [2.45, 2.75) is 33.1 Å². The summed E-state index contributed by atoms with van der Waals surface area (Å²) in [6.07, 6.45) is 2.52. The number of hydrogen-bond donors (Lipinski definition) is 1. The van der Waals surface area contributed by atoms with Crippen LogP contribution in [-0.4, -0.2) is 22.7 Å². The average molecular weight is 373 g/mol. The maximum atomic E-state index is 11.5. The van der Waals surface area contributed by atoms with Crippen molar-refractivity contribution in [2.75, 3.05) is 6.61 Å². The number of benzene rings is 2. The lowest BCUT2D eigenvalue weighted by atomic mass is 9.73. The molecule has 0 saturated heterocycles. The van der Waals surface area contributed by atoms with E-state index in [1.807, 2.05) is 31.2 Å². The molecule has 0 spiro atoms. The van der Waals surface area contributed by atoms with E-state index in [0.717, 1.165) is 51.1 Å². The molecule has 0 saturated carbocycles. The third-order valence-electron chi connectivity index (χ3n) is 5.50. The van der Waals surface area contributed by atoms with E-state index in [4.69, 9.17) is 4.74 Å². The van der Waals surface area contributed by atoms with E-state index < -0.39 is 0 Å². The zero-order valence-electron chi connectivity index (χ0n) is 16.3. The number of rotatable bonds is 3. The second-order valence-electron chi connectivity index (χ2n) is 7.39. The summed E-state index contributed by atoms with van der Waals surface area (Å²) in [6.45, 7) is 5.83. The van der Waals surface area contributed by atoms with Crippen LogP contribution in [0.2, 0.25) is 0 Å². The van der Waals surface area contributed by atoms with Gasteiger partial charge in [0.25, 0.3) is 0 Å². The predicted molar refractivity (Wildman–Crippen MR) is 109 cm³/mol. The van der Waals surface area contributed by atoms with Gasteiger partial charge in [-0.15, -0.1) is 0 Å². The van der Waals surface area contributed by atoms with E-state index in [-0.39, 0.29) is 17.6 Å². The second kappa shape index (κ2) is 7.12. The fourth-order valence-electron chi connectivity index (χ4n) is 4.30. The lowest BCUT2D eigenvalue weighted by molar-refractivity contribution is -0.141. The van der Waals surface area contributed by atoms with Gasteiger partial charge in [0.2, 0.25) is 0 Å². The van der Waals surface area contributed by atoms with Gasteiger partial charge in [0.1, 0.15) is 5.75 Å². The van der Waals surface area contributed by atoms with Crippen molar-refractivity contribution in [3.05, 3.63) is 70.9 Å². The van der Waals surface area contributed by atoms with Crippen molar-refractivity contribution in [1.29, 1.82) is 0 Å². The van der Waals surface area contributed by atoms with E-state index in [0.29, 0.717) is 6.61 Å². The van der Waals surface area contributed by atoms with Crippen LogP contribution in [0.5, 0.6) is 5.75 Å². The molecule has 0 bridgehead atoms. The lowest BCUT2D eigenvalue weighted by Crippen LogP contribution is -2.20. The van der Waals surface area contributed by atoms with Crippen LogP contribution in [0, 0.1) is 13.8 Å². The number of hydrogen-bond acceptors (Lipinski definition) is 4. The molecule has 1 heterocycles. The molecular formula is C24H23NO3. The molecule has 1 atom stereocenters. The smallest absolute Gasteiger partial charge is 0.302 e. The monoisotopic (exact) mass is 373 g/mol. The van der Waals surface area contributed by atoms with Gasteiger partial charge in [-0.2, -0.15) is 0 Å². The van der Waals surface area contributed by atoms with Crippen LogP contribution >= 0.6 is 0 Å². The zero-order chi connectivity index (χ0) is 19.8. The molecule has 1 aromatic heterocycles. The second-order valence-corrected chi connectivity index (χ2v) is 7.39. The summed E-state index contributed by atoms with van der Waals surface area (Å²) in [5, 5.41) is 10.8. The molecule has 1 aliphatic carbocycles. The van der Waals surface area contributed by atoms with Crippen LogP contribution in [0.3, 0.4) is 0 Å². The fourth-order valence-corrected chi connectivity index (χ4v) is 4.30. The minimum Gasteiger partial charge on any atom is -0.507 e. The van der Waals surface area contributed by atoms with Gasteiger partial charge in [-0.1, -0.05) is 24.3 Å². The van der Waals surface area contributed by atoms with Crippen molar-refractivity contribution in [3.8, 4) is 28.1 Å². The highest BCUT2D eigenvalue weighted by Gasteiger charge is 2.32. The molecule has 4 nitrogen and oxygen atoms in total. The van der Waals surface area contributed by atoms with E-state index in [1.54, 1.807) is 12.3 Å². The molecule has 28 heavy (non-hydrogen) atoms. The van der Waals surface area contributed by atoms with Crippen LogP contribution in [0.4, 0.5) is 0 Å². The highest BCUT2D eigenvalue weighted by atomic mass is 16.5. The number of esters is 1. The minimum absolute atomic E-state index is 0.0113. The Morgan fingerprint density at radius 1 is 1.11 bits per heavy atom. The first-order valence-corrected chi connectivity index (χ1v) is 9.47. The summed E-state index contributed by atoms with van der Waals surface area (Å²) in [5.41, 5.74) is 8.30. The van der Waals surface area contributed by atoms with Gasteiger partial charge in [0.15, 0.2) is 0 Å². The fraction of sp³-hybridized carbons (Fsp3) is 0.250. The molecule has 1 unspecified atom stereocenters.